The summed E-state index contributed by atoms with van der Waals surface area (Å²) in [6.45, 7) is 6.34. The fourth-order valence-electron chi connectivity index (χ4n) is 3.35. The average molecular weight is 417 g/mol. The topological polar surface area (TPSA) is 41.4 Å². The Kier molecular flexibility index (Phi) is 6.91. The van der Waals surface area contributed by atoms with E-state index >= 15 is 0 Å². The fraction of sp³-hybridized carbons (Fsp3) is 0.389. The summed E-state index contributed by atoms with van der Waals surface area (Å²) in [5.41, 5.74) is 3.10. The van der Waals surface area contributed by atoms with Gasteiger partial charge in [0.2, 0.25) is 5.95 Å². The molecule has 0 saturated carbocycles. The van der Waals surface area contributed by atoms with Crippen LogP contribution in [0.15, 0.2) is 24.3 Å². The van der Waals surface area contributed by atoms with Crippen molar-refractivity contribution in [1.82, 2.24) is 14.7 Å². The maximum absolute atomic E-state index is 13.5. The molecule has 1 aromatic carbocycles. The molecule has 0 unspecified atom stereocenters. The molecule has 2 aromatic heterocycles. The van der Waals surface area contributed by atoms with Gasteiger partial charge in [-0.2, -0.15) is 0 Å². The second kappa shape index (κ2) is 8.57. The Labute approximate surface area is 169 Å². The van der Waals surface area contributed by atoms with Crippen LogP contribution in [0.5, 0.6) is 0 Å². The molecule has 0 bridgehead atoms. The second-order valence-electron chi connectivity index (χ2n) is 6.36. The number of aryl methyl sites for hydroxylation is 2. The van der Waals surface area contributed by atoms with E-state index in [2.05, 4.69) is 28.9 Å². The first-order chi connectivity index (χ1) is 11.6. The van der Waals surface area contributed by atoms with Crippen LogP contribution in [0.1, 0.15) is 35.0 Å². The summed E-state index contributed by atoms with van der Waals surface area (Å²) in [7, 11) is 0. The van der Waals surface area contributed by atoms with Crippen LogP contribution in [-0.4, -0.2) is 22.5 Å². The largest absolute Gasteiger partial charge is 0.325 e. The minimum atomic E-state index is -0.246. The van der Waals surface area contributed by atoms with Crippen molar-refractivity contribution in [3.05, 3.63) is 46.3 Å². The molecular weight excluding hydrogens is 394 g/mol. The highest BCUT2D eigenvalue weighted by atomic mass is 35.5. The van der Waals surface area contributed by atoms with Crippen molar-refractivity contribution in [3.8, 4) is 0 Å². The molecule has 4 nitrogen and oxygen atoms in total. The van der Waals surface area contributed by atoms with E-state index in [1.165, 1.54) is 33.2 Å². The first kappa shape index (κ1) is 21.0. The Balaban J connectivity index is 0.00000121. The van der Waals surface area contributed by atoms with Crippen LogP contribution >= 0.6 is 36.2 Å². The number of nitrogens with zero attached hydrogens (tertiary/aromatic N) is 2. The van der Waals surface area contributed by atoms with Gasteiger partial charge in [-0.1, -0.05) is 6.07 Å². The molecule has 0 aliphatic carbocycles. The number of nitrogens with one attached hydrogen (secondary N) is 2. The monoisotopic (exact) mass is 416 g/mol. The Morgan fingerprint density at radius 3 is 2.65 bits per heavy atom. The summed E-state index contributed by atoms with van der Waals surface area (Å²) in [4.78, 5) is 7.43. The molecule has 0 amide bonds. The third-order valence-electron chi connectivity index (χ3n) is 4.76. The van der Waals surface area contributed by atoms with Gasteiger partial charge < -0.3 is 10.6 Å². The molecule has 8 heteroatoms. The van der Waals surface area contributed by atoms with E-state index < -0.39 is 0 Å². The highest BCUT2D eigenvalue weighted by Crippen LogP contribution is 2.36. The first-order valence-corrected chi connectivity index (χ1v) is 9.17. The summed E-state index contributed by atoms with van der Waals surface area (Å²) >= 11 is 1.80. The molecule has 1 fully saturated rings. The Hall–Kier alpha value is -1.34. The van der Waals surface area contributed by atoms with E-state index in [0.29, 0.717) is 5.92 Å². The quantitative estimate of drug-likeness (QED) is 0.615. The lowest BCUT2D eigenvalue weighted by molar-refractivity contribution is 0.457. The number of thiazole rings is 1. The number of fused-ring (bicyclic) bond motifs is 1. The van der Waals surface area contributed by atoms with Crippen molar-refractivity contribution in [2.24, 2.45) is 0 Å². The van der Waals surface area contributed by atoms with E-state index in [0.717, 1.165) is 37.6 Å². The number of piperidine rings is 1. The Bertz CT molecular complexity index is 887. The van der Waals surface area contributed by atoms with Crippen molar-refractivity contribution in [2.75, 3.05) is 18.4 Å². The molecule has 0 radical (unpaired) electrons. The minimum absolute atomic E-state index is 0. The van der Waals surface area contributed by atoms with Crippen molar-refractivity contribution < 1.29 is 4.39 Å². The number of anilines is 2. The molecule has 2 N–H and O–H groups in total. The van der Waals surface area contributed by atoms with Crippen LogP contribution in [0.3, 0.4) is 0 Å². The van der Waals surface area contributed by atoms with Crippen LogP contribution in [0.4, 0.5) is 16.0 Å². The van der Waals surface area contributed by atoms with E-state index in [1.54, 1.807) is 17.4 Å². The van der Waals surface area contributed by atoms with Gasteiger partial charge in [0.15, 0.2) is 0 Å². The number of aromatic nitrogens is 2. The second-order valence-corrected chi connectivity index (χ2v) is 7.57. The number of halogens is 3. The van der Waals surface area contributed by atoms with Crippen molar-refractivity contribution >= 4 is 52.6 Å². The standard InChI is InChI=1S/C18H21FN4S.2ClH/c1-11-12(2)24-17-16(13-6-8-20-9-7-13)22-18(23(11)17)21-15-5-3-4-14(19)10-15;;/h3-5,10,13,20H,6-9H2,1-2H3,(H,21,22);2*1H. The number of benzene rings is 1. The molecule has 4 rings (SSSR count). The van der Waals surface area contributed by atoms with Crippen LogP contribution < -0.4 is 10.6 Å². The lowest BCUT2D eigenvalue weighted by Crippen LogP contribution is -2.26. The van der Waals surface area contributed by atoms with Gasteiger partial charge in [-0.25, -0.2) is 9.37 Å². The van der Waals surface area contributed by atoms with Gasteiger partial charge in [-0.3, -0.25) is 4.40 Å². The smallest absolute Gasteiger partial charge is 0.213 e. The Morgan fingerprint density at radius 1 is 1.23 bits per heavy atom. The molecule has 1 saturated heterocycles. The zero-order chi connectivity index (χ0) is 16.7. The molecule has 142 valence electrons. The van der Waals surface area contributed by atoms with Gasteiger partial charge in [0.05, 0.1) is 5.69 Å². The summed E-state index contributed by atoms with van der Waals surface area (Å²) < 4.78 is 15.7. The van der Waals surface area contributed by atoms with Crippen molar-refractivity contribution in [1.29, 1.82) is 0 Å². The van der Waals surface area contributed by atoms with Gasteiger partial charge >= 0.3 is 0 Å². The van der Waals surface area contributed by atoms with E-state index in [1.807, 2.05) is 6.07 Å². The average Bonchev–Trinajstić information content (AvgIpc) is 3.07. The van der Waals surface area contributed by atoms with Crippen LogP contribution in [0.2, 0.25) is 0 Å². The van der Waals surface area contributed by atoms with E-state index in [-0.39, 0.29) is 30.6 Å². The molecule has 3 heterocycles. The molecule has 0 atom stereocenters. The molecule has 0 spiro atoms. The summed E-state index contributed by atoms with van der Waals surface area (Å²) in [6, 6.07) is 6.53. The molecular formula is C18H23Cl2FN4S. The maximum atomic E-state index is 13.5. The van der Waals surface area contributed by atoms with E-state index in [9.17, 15) is 4.39 Å². The van der Waals surface area contributed by atoms with Gasteiger partial charge in [0, 0.05) is 22.2 Å². The van der Waals surface area contributed by atoms with Gasteiger partial charge in [0.1, 0.15) is 10.6 Å². The maximum Gasteiger partial charge on any atom is 0.213 e. The zero-order valence-electron chi connectivity index (χ0n) is 14.7. The normalized spacial score (nSPS) is 14.7. The SMILES string of the molecule is Cc1sc2c(C3CCNCC3)nc(Nc3cccc(F)c3)n2c1C.Cl.Cl. The van der Waals surface area contributed by atoms with Gasteiger partial charge in [-0.15, -0.1) is 36.2 Å². The highest BCUT2D eigenvalue weighted by molar-refractivity contribution is 7.17. The number of hydrogen-bond donors (Lipinski definition) is 2. The van der Waals surface area contributed by atoms with Crippen molar-refractivity contribution in [3.63, 3.8) is 0 Å². The third-order valence-corrected chi connectivity index (χ3v) is 5.95. The van der Waals surface area contributed by atoms with Crippen molar-refractivity contribution in [2.45, 2.75) is 32.6 Å². The summed E-state index contributed by atoms with van der Waals surface area (Å²) in [6.07, 6.45) is 2.23. The van der Waals surface area contributed by atoms with Crippen LogP contribution in [0, 0.1) is 19.7 Å². The minimum Gasteiger partial charge on any atom is -0.325 e. The first-order valence-electron chi connectivity index (χ1n) is 8.35. The molecule has 3 aromatic rings. The number of hydrogen-bond acceptors (Lipinski definition) is 4. The lowest BCUT2D eigenvalue weighted by Gasteiger charge is -2.20. The Morgan fingerprint density at radius 2 is 1.96 bits per heavy atom. The molecule has 1 aliphatic heterocycles. The molecule has 26 heavy (non-hydrogen) atoms. The molecule has 1 aliphatic rings. The van der Waals surface area contributed by atoms with Crippen LogP contribution in [-0.2, 0) is 0 Å². The van der Waals surface area contributed by atoms with Crippen LogP contribution in [0.25, 0.3) is 4.83 Å². The number of rotatable bonds is 3. The fourth-order valence-corrected chi connectivity index (χ4v) is 4.51. The summed E-state index contributed by atoms with van der Waals surface area (Å²) in [5.74, 6) is 1.03. The predicted octanol–water partition coefficient (Wildman–Crippen LogP) is 5.21. The van der Waals surface area contributed by atoms with E-state index in [4.69, 9.17) is 4.98 Å². The predicted molar refractivity (Wildman–Crippen MR) is 112 cm³/mol. The highest BCUT2D eigenvalue weighted by Gasteiger charge is 2.24. The zero-order valence-corrected chi connectivity index (χ0v) is 17.2. The van der Waals surface area contributed by atoms with Gasteiger partial charge in [0.25, 0.3) is 0 Å². The third kappa shape index (κ3) is 3.83. The lowest BCUT2D eigenvalue weighted by atomic mass is 9.95. The number of imidazole rings is 1. The summed E-state index contributed by atoms with van der Waals surface area (Å²) in [5, 5.41) is 6.72. The van der Waals surface area contributed by atoms with Gasteiger partial charge in [-0.05, 0) is 58.0 Å².